The van der Waals surface area contributed by atoms with Gasteiger partial charge in [-0.25, -0.2) is 4.98 Å². The minimum atomic E-state index is -0.0241. The number of imidazole rings is 1. The van der Waals surface area contributed by atoms with E-state index in [2.05, 4.69) is 26.7 Å². The number of hydrogen-bond donors (Lipinski definition) is 2. The molecule has 17 heavy (non-hydrogen) atoms. The number of nitrogens with one attached hydrogen (secondary N) is 1. The fourth-order valence-electron chi connectivity index (χ4n) is 1.77. The highest BCUT2D eigenvalue weighted by Crippen LogP contribution is 2.12. The Morgan fingerprint density at radius 2 is 2.29 bits per heavy atom. The Hall–Kier alpha value is -0.910. The molecule has 0 aliphatic rings. The van der Waals surface area contributed by atoms with Crippen molar-refractivity contribution in [3.05, 3.63) is 18.2 Å². The van der Waals surface area contributed by atoms with E-state index in [1.807, 2.05) is 26.6 Å². The summed E-state index contributed by atoms with van der Waals surface area (Å²) < 4.78 is 2.10. The summed E-state index contributed by atoms with van der Waals surface area (Å²) in [6.07, 6.45) is 4.73. The number of nitrogens with zero attached hydrogens (tertiary/aromatic N) is 3. The van der Waals surface area contributed by atoms with E-state index in [1.54, 1.807) is 0 Å². The molecule has 0 saturated heterocycles. The number of hydrogen-bond acceptors (Lipinski definition) is 4. The van der Waals surface area contributed by atoms with Crippen LogP contribution in [0.5, 0.6) is 0 Å². The molecule has 0 amide bonds. The van der Waals surface area contributed by atoms with Crippen molar-refractivity contribution in [1.82, 2.24) is 19.8 Å². The first-order valence-electron chi connectivity index (χ1n) is 6.18. The van der Waals surface area contributed by atoms with E-state index in [-0.39, 0.29) is 12.6 Å². The van der Waals surface area contributed by atoms with Gasteiger partial charge in [0.1, 0.15) is 0 Å². The third-order valence-corrected chi connectivity index (χ3v) is 2.70. The van der Waals surface area contributed by atoms with Crippen molar-refractivity contribution < 1.29 is 5.11 Å². The van der Waals surface area contributed by atoms with Crippen LogP contribution < -0.4 is 5.32 Å². The van der Waals surface area contributed by atoms with Crippen LogP contribution in [-0.4, -0.2) is 53.3 Å². The third-order valence-electron chi connectivity index (χ3n) is 2.70. The fourth-order valence-corrected chi connectivity index (χ4v) is 1.77. The first kappa shape index (κ1) is 14.2. The summed E-state index contributed by atoms with van der Waals surface area (Å²) in [5, 5.41) is 12.8. The third kappa shape index (κ3) is 4.46. The highest BCUT2D eigenvalue weighted by atomic mass is 16.3. The van der Waals surface area contributed by atoms with Gasteiger partial charge in [-0.05, 0) is 20.5 Å². The van der Waals surface area contributed by atoms with Crippen LogP contribution in [0, 0.1) is 0 Å². The minimum Gasteiger partial charge on any atom is -0.394 e. The largest absolute Gasteiger partial charge is 0.394 e. The van der Waals surface area contributed by atoms with E-state index >= 15 is 0 Å². The molecule has 2 N–H and O–H groups in total. The molecule has 0 aliphatic carbocycles. The Bertz CT molecular complexity index is 311. The van der Waals surface area contributed by atoms with Gasteiger partial charge in [0, 0.05) is 25.8 Å². The Labute approximate surface area is 103 Å². The molecule has 1 atom stereocenters. The molecular formula is C12H24N4O. The monoisotopic (exact) mass is 240 g/mol. The lowest BCUT2D eigenvalue weighted by atomic mass is 10.2. The Morgan fingerprint density at radius 1 is 1.53 bits per heavy atom. The number of aryl methyl sites for hydroxylation is 1. The molecule has 1 aromatic rings. The SMILES string of the molecule is CCCn1cncc1C(CO)NCCN(C)C. The van der Waals surface area contributed by atoms with Gasteiger partial charge < -0.3 is 19.9 Å². The number of likely N-dealkylation sites (N-methyl/N-ethyl adjacent to an activating group) is 1. The van der Waals surface area contributed by atoms with E-state index in [4.69, 9.17) is 0 Å². The molecule has 1 rings (SSSR count). The second-order valence-electron chi connectivity index (χ2n) is 4.50. The van der Waals surface area contributed by atoms with Crippen LogP contribution in [0.2, 0.25) is 0 Å². The first-order valence-corrected chi connectivity index (χ1v) is 6.18. The summed E-state index contributed by atoms with van der Waals surface area (Å²) in [4.78, 5) is 6.27. The fraction of sp³-hybridized carbons (Fsp3) is 0.750. The second kappa shape index (κ2) is 7.42. The van der Waals surface area contributed by atoms with Crippen LogP contribution in [0.4, 0.5) is 0 Å². The smallest absolute Gasteiger partial charge is 0.0948 e. The van der Waals surface area contributed by atoms with Gasteiger partial charge in [-0.2, -0.15) is 0 Å². The van der Waals surface area contributed by atoms with Gasteiger partial charge in [0.05, 0.1) is 24.7 Å². The van der Waals surface area contributed by atoms with Crippen LogP contribution in [0.1, 0.15) is 25.1 Å². The van der Waals surface area contributed by atoms with Gasteiger partial charge in [-0.15, -0.1) is 0 Å². The van der Waals surface area contributed by atoms with Crippen LogP contribution in [0.15, 0.2) is 12.5 Å². The molecule has 0 bridgehead atoms. The molecule has 0 aliphatic heterocycles. The van der Waals surface area contributed by atoms with Gasteiger partial charge in [-0.3, -0.25) is 0 Å². The molecule has 1 aromatic heterocycles. The van der Waals surface area contributed by atoms with Gasteiger partial charge in [0.15, 0.2) is 0 Å². The first-order chi connectivity index (χ1) is 8.19. The van der Waals surface area contributed by atoms with Gasteiger partial charge in [-0.1, -0.05) is 6.92 Å². The minimum absolute atomic E-state index is 0.0241. The molecule has 0 radical (unpaired) electrons. The van der Waals surface area contributed by atoms with Crippen molar-refractivity contribution in [2.75, 3.05) is 33.8 Å². The number of aliphatic hydroxyl groups is 1. The van der Waals surface area contributed by atoms with Crippen molar-refractivity contribution >= 4 is 0 Å². The topological polar surface area (TPSA) is 53.3 Å². The molecule has 0 aromatic carbocycles. The number of rotatable bonds is 8. The summed E-state index contributed by atoms with van der Waals surface area (Å²) in [5.74, 6) is 0. The molecule has 0 fully saturated rings. The molecule has 98 valence electrons. The van der Waals surface area contributed by atoms with Crippen LogP contribution >= 0.6 is 0 Å². The predicted octanol–water partition coefficient (Wildman–Crippen LogP) is 0.478. The molecule has 1 heterocycles. The van der Waals surface area contributed by atoms with Gasteiger partial charge >= 0.3 is 0 Å². The molecular weight excluding hydrogens is 216 g/mol. The van der Waals surface area contributed by atoms with E-state index in [0.29, 0.717) is 0 Å². The maximum atomic E-state index is 9.44. The number of aliphatic hydroxyl groups excluding tert-OH is 1. The second-order valence-corrected chi connectivity index (χ2v) is 4.50. The Kier molecular flexibility index (Phi) is 6.18. The summed E-state index contributed by atoms with van der Waals surface area (Å²) in [6, 6.07) is -0.0241. The zero-order chi connectivity index (χ0) is 12.7. The molecule has 5 nitrogen and oxygen atoms in total. The maximum Gasteiger partial charge on any atom is 0.0948 e. The summed E-state index contributed by atoms with van der Waals surface area (Å²) in [7, 11) is 4.08. The van der Waals surface area contributed by atoms with E-state index < -0.39 is 0 Å². The van der Waals surface area contributed by atoms with Crippen LogP contribution in [-0.2, 0) is 6.54 Å². The van der Waals surface area contributed by atoms with Crippen LogP contribution in [0.25, 0.3) is 0 Å². The molecule has 1 unspecified atom stereocenters. The zero-order valence-corrected chi connectivity index (χ0v) is 11.1. The van der Waals surface area contributed by atoms with Crippen molar-refractivity contribution in [3.63, 3.8) is 0 Å². The van der Waals surface area contributed by atoms with E-state index in [1.165, 1.54) is 0 Å². The lowest BCUT2D eigenvalue weighted by Gasteiger charge is -2.19. The van der Waals surface area contributed by atoms with E-state index in [9.17, 15) is 5.11 Å². The summed E-state index contributed by atoms with van der Waals surface area (Å²) in [6.45, 7) is 5.00. The molecule has 5 heteroatoms. The molecule has 0 saturated carbocycles. The Balaban J connectivity index is 2.56. The van der Waals surface area contributed by atoms with Crippen molar-refractivity contribution in [1.29, 1.82) is 0 Å². The van der Waals surface area contributed by atoms with E-state index in [0.717, 1.165) is 31.7 Å². The maximum absolute atomic E-state index is 9.44. The lowest BCUT2D eigenvalue weighted by Crippen LogP contribution is -2.32. The average Bonchev–Trinajstić information content (AvgIpc) is 2.73. The predicted molar refractivity (Wildman–Crippen MR) is 68.9 cm³/mol. The highest BCUT2D eigenvalue weighted by molar-refractivity contribution is 5.05. The quantitative estimate of drug-likeness (QED) is 0.694. The normalized spacial score (nSPS) is 13.2. The van der Waals surface area contributed by atoms with Crippen molar-refractivity contribution in [3.8, 4) is 0 Å². The van der Waals surface area contributed by atoms with Crippen molar-refractivity contribution in [2.45, 2.75) is 25.9 Å². The number of aromatic nitrogens is 2. The molecule has 0 spiro atoms. The average molecular weight is 240 g/mol. The van der Waals surface area contributed by atoms with Gasteiger partial charge in [0.25, 0.3) is 0 Å². The van der Waals surface area contributed by atoms with Crippen molar-refractivity contribution in [2.24, 2.45) is 0 Å². The zero-order valence-electron chi connectivity index (χ0n) is 11.1. The standard InChI is InChI=1S/C12H24N4O/c1-4-6-16-10-13-8-12(16)11(9-17)14-5-7-15(2)3/h8,10-11,14,17H,4-7,9H2,1-3H3. The summed E-state index contributed by atoms with van der Waals surface area (Å²) in [5.41, 5.74) is 1.06. The summed E-state index contributed by atoms with van der Waals surface area (Å²) >= 11 is 0. The Morgan fingerprint density at radius 3 is 2.88 bits per heavy atom. The van der Waals surface area contributed by atoms with Gasteiger partial charge in [0.2, 0.25) is 0 Å². The van der Waals surface area contributed by atoms with Crippen LogP contribution in [0.3, 0.4) is 0 Å². The lowest BCUT2D eigenvalue weighted by molar-refractivity contribution is 0.234. The highest BCUT2D eigenvalue weighted by Gasteiger charge is 2.13.